The van der Waals surface area contributed by atoms with Crippen LogP contribution in [-0.2, 0) is 19.5 Å². The molecule has 0 aliphatic rings. The van der Waals surface area contributed by atoms with E-state index >= 15 is 0 Å². The smallest absolute Gasteiger partial charge is 0.0863 e. The fourth-order valence-corrected chi connectivity index (χ4v) is 1.83. The summed E-state index contributed by atoms with van der Waals surface area (Å²) in [6.07, 6.45) is 0.871. The second-order valence-corrected chi connectivity index (χ2v) is 3.72. The van der Waals surface area contributed by atoms with Gasteiger partial charge in [0.15, 0.2) is 0 Å². The average Bonchev–Trinajstić information content (AvgIpc) is 2.56. The average molecular weight is 231 g/mol. The Morgan fingerprint density at radius 2 is 2.20 bits per heavy atom. The molecule has 0 saturated heterocycles. The van der Waals surface area contributed by atoms with E-state index in [0.717, 1.165) is 42.5 Å². The van der Waals surface area contributed by atoms with E-state index < -0.39 is 0 Å². The van der Waals surface area contributed by atoms with Crippen molar-refractivity contribution in [2.75, 3.05) is 13.1 Å². The maximum absolute atomic E-state index is 6.23. The van der Waals surface area contributed by atoms with Gasteiger partial charge in [0, 0.05) is 26.2 Å². The molecule has 4 nitrogen and oxygen atoms in total. The summed E-state index contributed by atoms with van der Waals surface area (Å²) in [5, 5.41) is 8.47. The number of nitrogens with zero attached hydrogens (tertiary/aromatic N) is 2. The standard InChI is InChI=1S/C10H19ClN4/c1-3-8-10(11)9(7-13-6-5-12)15(4-2)14-8/h13H,3-7,12H2,1-2H3. The second kappa shape index (κ2) is 6.10. The van der Waals surface area contributed by atoms with Gasteiger partial charge in [-0.2, -0.15) is 5.10 Å². The summed E-state index contributed by atoms with van der Waals surface area (Å²) in [6.45, 7) is 7.14. The minimum atomic E-state index is 0.637. The summed E-state index contributed by atoms with van der Waals surface area (Å²) in [5.74, 6) is 0. The third-order valence-electron chi connectivity index (χ3n) is 2.31. The molecule has 3 N–H and O–H groups in total. The molecular formula is C10H19ClN4. The molecule has 0 aliphatic heterocycles. The number of aromatic nitrogens is 2. The van der Waals surface area contributed by atoms with Gasteiger partial charge < -0.3 is 11.1 Å². The molecule has 1 aromatic rings. The van der Waals surface area contributed by atoms with Crippen LogP contribution in [0.4, 0.5) is 0 Å². The SMILES string of the molecule is CCc1nn(CC)c(CNCCN)c1Cl. The highest BCUT2D eigenvalue weighted by Crippen LogP contribution is 2.21. The van der Waals surface area contributed by atoms with E-state index in [1.807, 2.05) is 4.68 Å². The van der Waals surface area contributed by atoms with E-state index in [9.17, 15) is 0 Å². The molecule has 0 bridgehead atoms. The number of nitrogens with one attached hydrogen (secondary N) is 1. The number of halogens is 1. The molecule has 1 aromatic heterocycles. The predicted molar refractivity (Wildman–Crippen MR) is 63.1 cm³/mol. The molecule has 1 heterocycles. The van der Waals surface area contributed by atoms with Crippen LogP contribution in [0, 0.1) is 0 Å². The maximum Gasteiger partial charge on any atom is 0.0863 e. The molecule has 0 spiro atoms. The molecule has 1 rings (SSSR count). The van der Waals surface area contributed by atoms with Gasteiger partial charge in [0.05, 0.1) is 16.4 Å². The van der Waals surface area contributed by atoms with E-state index in [0.29, 0.717) is 6.54 Å². The van der Waals surface area contributed by atoms with Crippen molar-refractivity contribution in [3.8, 4) is 0 Å². The molecule has 0 aliphatic carbocycles. The van der Waals surface area contributed by atoms with Crippen molar-refractivity contribution in [1.29, 1.82) is 0 Å². The van der Waals surface area contributed by atoms with Crippen molar-refractivity contribution in [2.45, 2.75) is 33.4 Å². The first kappa shape index (κ1) is 12.5. The molecule has 0 saturated carbocycles. The van der Waals surface area contributed by atoms with E-state index in [2.05, 4.69) is 24.3 Å². The molecule has 0 fully saturated rings. The minimum absolute atomic E-state index is 0.637. The lowest BCUT2D eigenvalue weighted by molar-refractivity contribution is 0.580. The van der Waals surface area contributed by atoms with Gasteiger partial charge in [-0.05, 0) is 13.3 Å². The molecular weight excluding hydrogens is 212 g/mol. The molecule has 15 heavy (non-hydrogen) atoms. The minimum Gasteiger partial charge on any atom is -0.329 e. The lowest BCUT2D eigenvalue weighted by atomic mass is 10.3. The molecule has 0 radical (unpaired) electrons. The van der Waals surface area contributed by atoms with Crippen molar-refractivity contribution >= 4 is 11.6 Å². The van der Waals surface area contributed by atoms with Gasteiger partial charge in [-0.25, -0.2) is 0 Å². The lowest BCUT2D eigenvalue weighted by Crippen LogP contribution is -2.23. The highest BCUT2D eigenvalue weighted by molar-refractivity contribution is 6.31. The van der Waals surface area contributed by atoms with Gasteiger partial charge in [0.2, 0.25) is 0 Å². The van der Waals surface area contributed by atoms with Gasteiger partial charge in [-0.3, -0.25) is 4.68 Å². The Kier molecular flexibility index (Phi) is 5.08. The Hall–Kier alpha value is -0.580. The van der Waals surface area contributed by atoms with Gasteiger partial charge in [-0.15, -0.1) is 0 Å². The zero-order valence-electron chi connectivity index (χ0n) is 9.39. The first-order valence-corrected chi connectivity index (χ1v) is 5.77. The largest absolute Gasteiger partial charge is 0.329 e. The Bertz CT molecular complexity index is 309. The highest BCUT2D eigenvalue weighted by atomic mass is 35.5. The van der Waals surface area contributed by atoms with Crippen LogP contribution in [0.15, 0.2) is 0 Å². The van der Waals surface area contributed by atoms with Crippen LogP contribution in [-0.4, -0.2) is 22.9 Å². The zero-order valence-corrected chi connectivity index (χ0v) is 10.1. The van der Waals surface area contributed by atoms with Gasteiger partial charge in [0.1, 0.15) is 0 Å². The Balaban J connectivity index is 2.78. The highest BCUT2D eigenvalue weighted by Gasteiger charge is 2.13. The van der Waals surface area contributed by atoms with E-state index in [1.54, 1.807) is 0 Å². The fourth-order valence-electron chi connectivity index (χ4n) is 1.50. The third-order valence-corrected chi connectivity index (χ3v) is 2.74. The summed E-state index contributed by atoms with van der Waals surface area (Å²) < 4.78 is 1.95. The molecule has 5 heteroatoms. The second-order valence-electron chi connectivity index (χ2n) is 3.34. The Morgan fingerprint density at radius 3 is 2.73 bits per heavy atom. The van der Waals surface area contributed by atoms with Gasteiger partial charge in [0.25, 0.3) is 0 Å². The van der Waals surface area contributed by atoms with Crippen LogP contribution in [0.25, 0.3) is 0 Å². The normalized spacial score (nSPS) is 10.9. The number of aryl methyl sites for hydroxylation is 2. The predicted octanol–water partition coefficient (Wildman–Crippen LogP) is 1.17. The molecule has 0 aromatic carbocycles. The van der Waals surface area contributed by atoms with E-state index in [1.165, 1.54) is 0 Å². The van der Waals surface area contributed by atoms with Crippen molar-refractivity contribution in [3.05, 3.63) is 16.4 Å². The first-order valence-electron chi connectivity index (χ1n) is 5.39. The molecule has 86 valence electrons. The fraction of sp³-hybridized carbons (Fsp3) is 0.700. The number of rotatable bonds is 6. The summed E-state index contributed by atoms with van der Waals surface area (Å²) >= 11 is 6.23. The summed E-state index contributed by atoms with van der Waals surface area (Å²) in [5.41, 5.74) is 7.45. The number of hydrogen-bond donors (Lipinski definition) is 2. The lowest BCUT2D eigenvalue weighted by Gasteiger charge is -2.06. The molecule has 0 unspecified atom stereocenters. The maximum atomic E-state index is 6.23. The number of hydrogen-bond acceptors (Lipinski definition) is 3. The quantitative estimate of drug-likeness (QED) is 0.722. The van der Waals surface area contributed by atoms with E-state index in [-0.39, 0.29) is 0 Å². The van der Waals surface area contributed by atoms with Crippen molar-refractivity contribution in [3.63, 3.8) is 0 Å². The monoisotopic (exact) mass is 230 g/mol. The van der Waals surface area contributed by atoms with Crippen LogP contribution in [0.1, 0.15) is 25.2 Å². The van der Waals surface area contributed by atoms with Crippen molar-refractivity contribution in [2.24, 2.45) is 5.73 Å². The van der Waals surface area contributed by atoms with Crippen LogP contribution < -0.4 is 11.1 Å². The Morgan fingerprint density at radius 1 is 1.47 bits per heavy atom. The number of nitrogens with two attached hydrogens (primary N) is 1. The van der Waals surface area contributed by atoms with Crippen molar-refractivity contribution in [1.82, 2.24) is 15.1 Å². The topological polar surface area (TPSA) is 55.9 Å². The summed E-state index contributed by atoms with van der Waals surface area (Å²) in [4.78, 5) is 0. The van der Waals surface area contributed by atoms with Crippen LogP contribution in [0.2, 0.25) is 5.02 Å². The summed E-state index contributed by atoms with van der Waals surface area (Å²) in [7, 11) is 0. The van der Waals surface area contributed by atoms with Crippen molar-refractivity contribution < 1.29 is 0 Å². The third kappa shape index (κ3) is 2.93. The van der Waals surface area contributed by atoms with E-state index in [4.69, 9.17) is 17.3 Å². The Labute approximate surface area is 95.8 Å². The molecule has 0 atom stereocenters. The van der Waals surface area contributed by atoms with Gasteiger partial charge in [-0.1, -0.05) is 18.5 Å². The van der Waals surface area contributed by atoms with Crippen LogP contribution in [0.5, 0.6) is 0 Å². The van der Waals surface area contributed by atoms with Crippen LogP contribution in [0.3, 0.4) is 0 Å². The van der Waals surface area contributed by atoms with Gasteiger partial charge >= 0.3 is 0 Å². The summed E-state index contributed by atoms with van der Waals surface area (Å²) in [6, 6.07) is 0. The zero-order chi connectivity index (χ0) is 11.3. The van der Waals surface area contributed by atoms with Crippen LogP contribution >= 0.6 is 11.6 Å². The first-order chi connectivity index (χ1) is 7.24. The molecule has 0 amide bonds.